The van der Waals surface area contributed by atoms with Crippen molar-refractivity contribution in [1.82, 2.24) is 0 Å². The van der Waals surface area contributed by atoms with Crippen LogP contribution < -0.4 is 5.73 Å². The number of benzene rings is 2. The van der Waals surface area contributed by atoms with E-state index >= 15 is 0 Å². The SMILES string of the molecule is N=C(N)SC1c2ccccc2-c2ccc([N+](=O)[O-])cc21. The van der Waals surface area contributed by atoms with E-state index in [1.165, 1.54) is 17.8 Å². The molecule has 1 aliphatic rings. The van der Waals surface area contributed by atoms with Gasteiger partial charge in [-0.3, -0.25) is 15.5 Å². The minimum atomic E-state index is -0.404. The third-order valence-corrected chi connectivity index (χ3v) is 4.30. The standard InChI is InChI=1S/C14H11N3O2S/c15-14(16)20-13-11-4-2-1-3-9(11)10-6-5-8(17(18)19)7-12(10)13/h1-7,13H,(H3,15,16). The molecular formula is C14H11N3O2S. The van der Waals surface area contributed by atoms with Gasteiger partial charge in [-0.25, -0.2) is 0 Å². The molecule has 0 radical (unpaired) electrons. The normalized spacial score (nSPS) is 15.5. The van der Waals surface area contributed by atoms with E-state index in [2.05, 4.69) is 0 Å². The van der Waals surface area contributed by atoms with E-state index < -0.39 is 4.92 Å². The molecule has 6 heteroatoms. The number of nitrogens with two attached hydrogens (primary N) is 1. The van der Waals surface area contributed by atoms with Crippen molar-refractivity contribution in [3.05, 3.63) is 63.7 Å². The van der Waals surface area contributed by atoms with Gasteiger partial charge in [0, 0.05) is 12.1 Å². The molecule has 1 unspecified atom stereocenters. The molecule has 0 saturated carbocycles. The van der Waals surface area contributed by atoms with Gasteiger partial charge in [-0.15, -0.1) is 0 Å². The van der Waals surface area contributed by atoms with Gasteiger partial charge < -0.3 is 5.73 Å². The van der Waals surface area contributed by atoms with Crippen LogP contribution >= 0.6 is 11.8 Å². The Morgan fingerprint density at radius 1 is 1.20 bits per heavy atom. The molecule has 3 N–H and O–H groups in total. The van der Waals surface area contributed by atoms with Crippen LogP contribution in [-0.4, -0.2) is 10.1 Å². The summed E-state index contributed by atoms with van der Waals surface area (Å²) >= 11 is 1.21. The predicted molar refractivity (Wildman–Crippen MR) is 79.9 cm³/mol. The molecule has 0 aromatic heterocycles. The van der Waals surface area contributed by atoms with Crippen LogP contribution in [-0.2, 0) is 0 Å². The topological polar surface area (TPSA) is 93.0 Å². The lowest BCUT2D eigenvalue weighted by atomic mass is 10.1. The summed E-state index contributed by atoms with van der Waals surface area (Å²) in [5.41, 5.74) is 9.48. The van der Waals surface area contributed by atoms with Crippen molar-refractivity contribution in [2.24, 2.45) is 5.73 Å². The van der Waals surface area contributed by atoms with E-state index in [4.69, 9.17) is 11.1 Å². The number of nitro benzene ring substituents is 1. The van der Waals surface area contributed by atoms with Crippen LogP contribution in [0.4, 0.5) is 5.69 Å². The maximum absolute atomic E-state index is 10.9. The van der Waals surface area contributed by atoms with E-state index in [1.54, 1.807) is 12.1 Å². The van der Waals surface area contributed by atoms with Crippen molar-refractivity contribution in [3.8, 4) is 11.1 Å². The molecule has 3 rings (SSSR count). The summed E-state index contributed by atoms with van der Waals surface area (Å²) in [6.07, 6.45) is 0. The number of non-ortho nitro benzene ring substituents is 1. The van der Waals surface area contributed by atoms with Gasteiger partial charge in [0.05, 0.1) is 10.2 Å². The summed E-state index contributed by atoms with van der Waals surface area (Å²) < 4.78 is 0. The summed E-state index contributed by atoms with van der Waals surface area (Å²) in [6.45, 7) is 0. The Morgan fingerprint density at radius 3 is 2.60 bits per heavy atom. The average molecular weight is 285 g/mol. The molecule has 1 aliphatic carbocycles. The molecular weight excluding hydrogens is 274 g/mol. The molecule has 0 aliphatic heterocycles. The van der Waals surface area contributed by atoms with Crippen molar-refractivity contribution in [1.29, 1.82) is 5.41 Å². The molecule has 0 heterocycles. The van der Waals surface area contributed by atoms with Crippen LogP contribution in [0.25, 0.3) is 11.1 Å². The van der Waals surface area contributed by atoms with Crippen LogP contribution in [0.1, 0.15) is 16.4 Å². The summed E-state index contributed by atoms with van der Waals surface area (Å²) in [4.78, 5) is 10.5. The van der Waals surface area contributed by atoms with Crippen molar-refractivity contribution < 1.29 is 4.92 Å². The lowest BCUT2D eigenvalue weighted by molar-refractivity contribution is -0.384. The van der Waals surface area contributed by atoms with E-state index in [9.17, 15) is 10.1 Å². The highest BCUT2D eigenvalue weighted by atomic mass is 32.2. The Kier molecular flexibility index (Phi) is 2.94. The minimum absolute atomic E-state index is 0.00385. The largest absolute Gasteiger partial charge is 0.379 e. The van der Waals surface area contributed by atoms with Crippen LogP contribution in [0.2, 0.25) is 0 Å². The Balaban J connectivity index is 2.19. The summed E-state index contributed by atoms with van der Waals surface area (Å²) in [5.74, 6) is 0. The number of fused-ring (bicyclic) bond motifs is 3. The molecule has 0 bridgehead atoms. The van der Waals surface area contributed by atoms with Crippen LogP contribution in [0.15, 0.2) is 42.5 Å². The summed E-state index contributed by atoms with van der Waals surface area (Å²) in [5, 5.41) is 18.3. The van der Waals surface area contributed by atoms with Crippen LogP contribution in [0, 0.1) is 15.5 Å². The number of nitro groups is 1. The lowest BCUT2D eigenvalue weighted by Crippen LogP contribution is -2.07. The lowest BCUT2D eigenvalue weighted by Gasteiger charge is -2.11. The van der Waals surface area contributed by atoms with E-state index in [-0.39, 0.29) is 16.1 Å². The van der Waals surface area contributed by atoms with E-state index in [1.807, 2.05) is 24.3 Å². The number of amidine groups is 1. The van der Waals surface area contributed by atoms with Crippen molar-refractivity contribution in [3.63, 3.8) is 0 Å². The van der Waals surface area contributed by atoms with Crippen LogP contribution in [0.3, 0.4) is 0 Å². The number of rotatable bonds is 2. The van der Waals surface area contributed by atoms with Gasteiger partial charge in [0.15, 0.2) is 5.17 Å². The van der Waals surface area contributed by atoms with E-state index in [0.29, 0.717) is 0 Å². The first-order valence-electron chi connectivity index (χ1n) is 5.96. The average Bonchev–Trinajstić information content (AvgIpc) is 2.73. The van der Waals surface area contributed by atoms with Gasteiger partial charge >= 0.3 is 0 Å². The van der Waals surface area contributed by atoms with Gasteiger partial charge in [-0.2, -0.15) is 0 Å². The molecule has 0 amide bonds. The first-order valence-corrected chi connectivity index (χ1v) is 6.84. The highest BCUT2D eigenvalue weighted by Crippen LogP contribution is 2.50. The number of hydrogen-bond donors (Lipinski definition) is 2. The fourth-order valence-corrected chi connectivity index (χ4v) is 3.43. The molecule has 5 nitrogen and oxygen atoms in total. The molecule has 0 saturated heterocycles. The van der Waals surface area contributed by atoms with E-state index in [0.717, 1.165) is 22.3 Å². The second-order valence-corrected chi connectivity index (χ2v) is 5.62. The zero-order valence-electron chi connectivity index (χ0n) is 10.4. The maximum Gasteiger partial charge on any atom is 0.269 e. The Hall–Kier alpha value is -2.34. The minimum Gasteiger partial charge on any atom is -0.379 e. The van der Waals surface area contributed by atoms with Gasteiger partial charge in [-0.1, -0.05) is 36.0 Å². The monoisotopic (exact) mass is 285 g/mol. The van der Waals surface area contributed by atoms with Gasteiger partial charge in [-0.05, 0) is 28.3 Å². The Labute approximate surface area is 119 Å². The number of thioether (sulfide) groups is 1. The van der Waals surface area contributed by atoms with Gasteiger partial charge in [0.25, 0.3) is 5.69 Å². The first-order chi connectivity index (χ1) is 9.58. The molecule has 20 heavy (non-hydrogen) atoms. The van der Waals surface area contributed by atoms with Gasteiger partial charge in [0.2, 0.25) is 0 Å². The smallest absolute Gasteiger partial charge is 0.269 e. The van der Waals surface area contributed by atoms with Gasteiger partial charge in [0.1, 0.15) is 0 Å². The van der Waals surface area contributed by atoms with Crippen molar-refractivity contribution in [2.45, 2.75) is 5.25 Å². The van der Waals surface area contributed by atoms with Crippen molar-refractivity contribution in [2.75, 3.05) is 0 Å². The Bertz CT molecular complexity index is 730. The molecule has 2 aromatic rings. The fourth-order valence-electron chi connectivity index (χ4n) is 2.52. The molecule has 0 spiro atoms. The maximum atomic E-state index is 10.9. The fraction of sp³-hybridized carbons (Fsp3) is 0.0714. The van der Waals surface area contributed by atoms with Crippen LogP contribution in [0.5, 0.6) is 0 Å². The summed E-state index contributed by atoms with van der Waals surface area (Å²) in [7, 11) is 0. The second kappa shape index (κ2) is 4.64. The third kappa shape index (κ3) is 1.94. The second-order valence-electron chi connectivity index (χ2n) is 4.48. The molecule has 1 atom stereocenters. The Morgan fingerprint density at radius 2 is 1.90 bits per heavy atom. The zero-order chi connectivity index (χ0) is 14.3. The quantitative estimate of drug-likeness (QED) is 0.383. The highest BCUT2D eigenvalue weighted by molar-refractivity contribution is 8.14. The highest BCUT2D eigenvalue weighted by Gasteiger charge is 2.31. The van der Waals surface area contributed by atoms with Crippen molar-refractivity contribution >= 4 is 22.6 Å². The number of nitrogens with zero attached hydrogens (tertiary/aromatic N) is 1. The molecule has 2 aromatic carbocycles. The third-order valence-electron chi connectivity index (χ3n) is 3.31. The predicted octanol–water partition coefficient (Wildman–Crippen LogP) is 3.29. The number of hydrogen-bond acceptors (Lipinski definition) is 4. The zero-order valence-corrected chi connectivity index (χ0v) is 11.2. The first kappa shape index (κ1) is 12.7. The molecule has 100 valence electrons. The summed E-state index contributed by atoms with van der Waals surface area (Å²) in [6, 6.07) is 12.7. The molecule has 0 fully saturated rings. The number of nitrogens with one attached hydrogen (secondary N) is 1.